The largest absolute Gasteiger partial charge is 0.481 e. The molecule has 3 rings (SSSR count). The zero-order valence-electron chi connectivity index (χ0n) is 18.3. The van der Waals surface area contributed by atoms with Crippen molar-refractivity contribution in [1.29, 1.82) is 0 Å². The molecule has 33 heavy (non-hydrogen) atoms. The molecule has 12 heteroatoms. The lowest BCUT2D eigenvalue weighted by atomic mass is 10.2. The molecule has 0 amide bonds. The van der Waals surface area contributed by atoms with Gasteiger partial charge in [0.2, 0.25) is 5.88 Å². The van der Waals surface area contributed by atoms with Gasteiger partial charge >= 0.3 is 23.4 Å². The molecular weight excluding hydrogens is 434 g/mol. The van der Waals surface area contributed by atoms with Gasteiger partial charge in [0.1, 0.15) is 6.61 Å². The van der Waals surface area contributed by atoms with Gasteiger partial charge < -0.3 is 24.7 Å². The number of ether oxygens (including phenoxy) is 3. The number of pyridine rings is 1. The fourth-order valence-electron chi connectivity index (χ4n) is 2.88. The van der Waals surface area contributed by atoms with Crippen molar-refractivity contribution >= 4 is 28.9 Å². The molecule has 0 saturated heterocycles. The molecule has 0 aliphatic carbocycles. The Balaban J connectivity index is 1.69. The van der Waals surface area contributed by atoms with E-state index in [9.17, 15) is 19.7 Å². The van der Waals surface area contributed by atoms with E-state index < -0.39 is 11.9 Å². The van der Waals surface area contributed by atoms with Gasteiger partial charge in [-0.2, -0.15) is 0 Å². The number of methoxy groups -OCH3 is 1. The summed E-state index contributed by atoms with van der Waals surface area (Å²) in [6, 6.07) is 7.48. The average Bonchev–Trinajstić information content (AvgIpc) is 2.80. The number of benzene rings is 1. The normalized spacial score (nSPS) is 10.8. The predicted octanol–water partition coefficient (Wildman–Crippen LogP) is 1.70. The highest BCUT2D eigenvalue weighted by molar-refractivity contribution is 5.89. The van der Waals surface area contributed by atoms with Crippen molar-refractivity contribution in [2.45, 2.75) is 33.0 Å². The van der Waals surface area contributed by atoms with E-state index in [0.717, 1.165) is 0 Å². The van der Waals surface area contributed by atoms with Crippen LogP contribution in [0, 0.1) is 4.91 Å². The van der Waals surface area contributed by atoms with E-state index in [1.165, 1.54) is 37.6 Å². The number of esters is 2. The van der Waals surface area contributed by atoms with Crippen LogP contribution in [-0.4, -0.2) is 51.7 Å². The van der Waals surface area contributed by atoms with E-state index in [4.69, 9.17) is 14.2 Å². The van der Waals surface area contributed by atoms with Crippen LogP contribution in [0.15, 0.2) is 36.5 Å². The summed E-state index contributed by atoms with van der Waals surface area (Å²) in [5, 5.41) is 16.9. The first-order chi connectivity index (χ1) is 15.8. The van der Waals surface area contributed by atoms with Gasteiger partial charge in [-0.3, -0.25) is 4.79 Å². The Kier molecular flexibility index (Phi) is 7.38. The number of fused-ring (bicyclic) bond motifs is 1. The quantitative estimate of drug-likeness (QED) is 0.276. The molecule has 12 nitrogen and oxygen atoms in total. The zero-order valence-corrected chi connectivity index (χ0v) is 18.3. The second kappa shape index (κ2) is 10.4. The van der Waals surface area contributed by atoms with Crippen LogP contribution in [0.5, 0.6) is 5.88 Å². The molecule has 0 unspecified atom stereocenters. The van der Waals surface area contributed by atoms with Gasteiger partial charge in [0.25, 0.3) is 0 Å². The minimum atomic E-state index is -0.586. The molecule has 3 aromatic rings. The SMILES string of the molecule is COc1cc(C(=O)OCc2ccc3c(c2)[n+](=O)nc(NCCC(=O)OC(C)C)n3O)ccn1. The summed E-state index contributed by atoms with van der Waals surface area (Å²) in [5.41, 5.74) is 1.01. The summed E-state index contributed by atoms with van der Waals surface area (Å²) >= 11 is 0. The maximum atomic E-state index is 12.4. The van der Waals surface area contributed by atoms with Crippen LogP contribution in [-0.2, 0) is 20.9 Å². The van der Waals surface area contributed by atoms with Crippen molar-refractivity contribution in [3.63, 3.8) is 0 Å². The summed E-state index contributed by atoms with van der Waals surface area (Å²) in [7, 11) is 1.44. The number of nitrogens with zero attached hydrogens (tertiary/aromatic N) is 4. The van der Waals surface area contributed by atoms with Gasteiger partial charge in [0.15, 0.2) is 10.1 Å². The maximum Gasteiger partial charge on any atom is 0.338 e. The summed E-state index contributed by atoms with van der Waals surface area (Å²) in [4.78, 5) is 40.2. The molecule has 1 aromatic carbocycles. The van der Waals surface area contributed by atoms with Gasteiger partial charge in [0, 0.05) is 24.9 Å². The average molecular weight is 458 g/mol. The van der Waals surface area contributed by atoms with Gasteiger partial charge in [-0.25, -0.2) is 9.78 Å². The molecule has 2 aromatic heterocycles. The van der Waals surface area contributed by atoms with Crippen LogP contribution in [0.25, 0.3) is 11.0 Å². The molecule has 0 atom stereocenters. The third-order valence-corrected chi connectivity index (χ3v) is 4.39. The highest BCUT2D eigenvalue weighted by atomic mass is 16.5. The fourth-order valence-corrected chi connectivity index (χ4v) is 2.88. The van der Waals surface area contributed by atoms with Crippen molar-refractivity contribution in [2.75, 3.05) is 19.0 Å². The fraction of sp³-hybridized carbons (Fsp3) is 0.333. The van der Waals surface area contributed by atoms with Crippen LogP contribution in [0.1, 0.15) is 36.2 Å². The number of hydrogen-bond acceptors (Lipinski definition) is 10. The number of carbonyl (C=O) groups excluding carboxylic acids is 2. The lowest BCUT2D eigenvalue weighted by Gasteiger charge is -2.09. The van der Waals surface area contributed by atoms with Crippen LogP contribution < -0.4 is 14.6 Å². The first-order valence-corrected chi connectivity index (χ1v) is 10.1. The number of nitrogens with one attached hydrogen (secondary N) is 1. The highest BCUT2D eigenvalue weighted by Gasteiger charge is 2.19. The van der Waals surface area contributed by atoms with Gasteiger partial charge in [-0.1, -0.05) is 6.07 Å². The maximum absolute atomic E-state index is 12.4. The predicted molar refractivity (Wildman–Crippen MR) is 115 cm³/mol. The van der Waals surface area contributed by atoms with E-state index in [0.29, 0.717) is 14.8 Å². The third kappa shape index (κ3) is 5.93. The Bertz CT molecular complexity index is 1230. The van der Waals surface area contributed by atoms with Crippen molar-refractivity contribution in [3.8, 4) is 5.88 Å². The van der Waals surface area contributed by atoms with Gasteiger partial charge in [0.05, 0.1) is 35.2 Å². The van der Waals surface area contributed by atoms with Crippen molar-refractivity contribution in [2.24, 2.45) is 0 Å². The Morgan fingerprint density at radius 1 is 1.24 bits per heavy atom. The summed E-state index contributed by atoms with van der Waals surface area (Å²) in [6.45, 7) is 3.48. The number of hydrogen-bond donors (Lipinski definition) is 2. The highest BCUT2D eigenvalue weighted by Crippen LogP contribution is 2.16. The van der Waals surface area contributed by atoms with Gasteiger partial charge in [-0.15, -0.1) is 4.73 Å². The second-order valence-corrected chi connectivity index (χ2v) is 7.21. The van der Waals surface area contributed by atoms with Crippen LogP contribution in [0.3, 0.4) is 0 Å². The monoisotopic (exact) mass is 458 g/mol. The standard InChI is InChI=1S/C21H24N5O7/c1-13(2)33-19(27)7-9-23-21-24-26(30)17-10-14(4-5-16(17)25(21)29)12-32-20(28)15-6-8-22-18(11-15)31-3/h4-6,8,10-11,13,29H,7,9,12H2,1-3H3,(H,23,24,30)/q+1. The molecule has 0 spiro atoms. The van der Waals surface area contributed by atoms with Crippen molar-refractivity contribution < 1.29 is 33.5 Å². The molecule has 0 radical (unpaired) electrons. The summed E-state index contributed by atoms with van der Waals surface area (Å²) in [5.74, 6) is -0.859. The number of carbonyl (C=O) groups is 2. The molecule has 2 heterocycles. The second-order valence-electron chi connectivity index (χ2n) is 7.21. The Labute approximate surface area is 188 Å². The molecule has 0 saturated carbocycles. The number of rotatable bonds is 9. The molecule has 0 fully saturated rings. The first-order valence-electron chi connectivity index (χ1n) is 10.1. The minimum Gasteiger partial charge on any atom is -0.481 e. The van der Waals surface area contributed by atoms with Crippen molar-refractivity contribution in [3.05, 3.63) is 52.6 Å². The van der Waals surface area contributed by atoms with Crippen LogP contribution >= 0.6 is 0 Å². The molecule has 2 N–H and O–H groups in total. The molecule has 0 aliphatic heterocycles. The minimum absolute atomic E-state index is 0.0322. The summed E-state index contributed by atoms with van der Waals surface area (Å²) < 4.78 is 16.3. The van der Waals surface area contributed by atoms with E-state index in [1.807, 2.05) is 0 Å². The van der Waals surface area contributed by atoms with Gasteiger partial charge in [-0.05, 0) is 31.5 Å². The lowest BCUT2D eigenvalue weighted by molar-refractivity contribution is -0.535. The van der Waals surface area contributed by atoms with Crippen LogP contribution in [0.2, 0.25) is 0 Å². The molecule has 0 aliphatic rings. The Morgan fingerprint density at radius 2 is 2.03 bits per heavy atom. The van der Waals surface area contributed by atoms with Crippen molar-refractivity contribution in [1.82, 2.24) is 14.8 Å². The first kappa shape index (κ1) is 23.4. The Hall–Kier alpha value is -4.22. The lowest BCUT2D eigenvalue weighted by Crippen LogP contribution is -2.27. The topological polar surface area (TPSA) is 148 Å². The smallest absolute Gasteiger partial charge is 0.338 e. The molecule has 0 bridgehead atoms. The summed E-state index contributed by atoms with van der Waals surface area (Å²) in [6.07, 6.45) is 1.23. The molecule has 174 valence electrons. The number of anilines is 1. The zero-order chi connectivity index (χ0) is 24.0. The third-order valence-electron chi connectivity index (χ3n) is 4.39. The Morgan fingerprint density at radius 3 is 2.76 bits per heavy atom. The molecular formula is C21H24N5O7+. The van der Waals surface area contributed by atoms with E-state index >= 15 is 0 Å². The van der Waals surface area contributed by atoms with Crippen LogP contribution in [0.4, 0.5) is 5.95 Å². The van der Waals surface area contributed by atoms with E-state index in [1.54, 1.807) is 19.9 Å². The van der Waals surface area contributed by atoms with E-state index in [-0.39, 0.29) is 54.1 Å². The van der Waals surface area contributed by atoms with E-state index in [2.05, 4.69) is 15.4 Å². The number of aromatic nitrogens is 4.